The maximum absolute atomic E-state index is 13.4. The van der Waals surface area contributed by atoms with Crippen LogP contribution in [0.1, 0.15) is 245 Å². The molecule has 0 radical (unpaired) electrons. The molecule has 0 spiro atoms. The van der Waals surface area contributed by atoms with Gasteiger partial charge in [0.15, 0.2) is 12.4 Å². The van der Waals surface area contributed by atoms with Gasteiger partial charge in [-0.3, -0.25) is 9.59 Å². The van der Waals surface area contributed by atoms with Crippen molar-refractivity contribution in [3.05, 3.63) is 97.2 Å². The number of carbonyl (C=O) groups excluding carboxylic acids is 2. The lowest BCUT2D eigenvalue weighted by atomic mass is 9.99. The maximum atomic E-state index is 13.4. The predicted molar refractivity (Wildman–Crippen MR) is 319 cm³/mol. The van der Waals surface area contributed by atoms with E-state index >= 15 is 0 Å². The minimum Gasteiger partial charge on any atom is -0.454 e. The van der Waals surface area contributed by atoms with Gasteiger partial charge in [0.05, 0.1) is 25.4 Å². The van der Waals surface area contributed by atoms with Crippen LogP contribution in [0, 0.1) is 0 Å². The Morgan fingerprint density at radius 2 is 0.896 bits per heavy atom. The van der Waals surface area contributed by atoms with Gasteiger partial charge in [0, 0.05) is 6.42 Å². The van der Waals surface area contributed by atoms with Gasteiger partial charge in [-0.05, 0) is 103 Å². The van der Waals surface area contributed by atoms with E-state index in [2.05, 4.69) is 99.0 Å². The largest absolute Gasteiger partial charge is 0.454 e. The standard InChI is InChI=1S/C66H113NO10/c1-4-7-10-13-16-19-22-25-27-29-30-31-33-36-39-42-45-48-51-54-61(71)77-64-63(73)62(72)60(55-68)76-66(64)75-56-57(58(69)52-49-46-43-40-37-34-24-21-18-15-12-9-6-3)67-65(74)59(70)53-50-47-44-41-38-35-32-28-26-23-20-17-14-11-8-5-2/h16-17,19-20,25-28,30-31,35,38,44,47,49,52,57-60,62-64,66,68-70,72-73H,4-15,18,21-24,29,32-34,36-37,39-43,45-46,48,50-51,53-56H2,1-3H3,(H,67,74)/b19-16-,20-17-,27-25-,28-26-,31-30-,38-35-,47-44-,52-49+. The van der Waals surface area contributed by atoms with Gasteiger partial charge in [-0.1, -0.05) is 234 Å². The minimum atomic E-state index is -1.63. The Morgan fingerprint density at radius 3 is 1.36 bits per heavy atom. The molecule has 442 valence electrons. The van der Waals surface area contributed by atoms with Crippen LogP contribution in [0.3, 0.4) is 0 Å². The number of aliphatic hydroxyl groups excluding tert-OH is 5. The molecule has 1 aliphatic heterocycles. The molecule has 1 amide bonds. The van der Waals surface area contributed by atoms with E-state index in [1.165, 1.54) is 96.3 Å². The van der Waals surface area contributed by atoms with Gasteiger partial charge in [-0.2, -0.15) is 0 Å². The summed E-state index contributed by atoms with van der Waals surface area (Å²) < 4.78 is 17.6. The van der Waals surface area contributed by atoms with E-state index in [0.29, 0.717) is 12.8 Å². The van der Waals surface area contributed by atoms with Gasteiger partial charge in [-0.25, -0.2) is 0 Å². The van der Waals surface area contributed by atoms with Gasteiger partial charge < -0.3 is 45.1 Å². The first kappa shape index (κ1) is 71.6. The first-order valence-electron chi connectivity index (χ1n) is 31.0. The zero-order chi connectivity index (χ0) is 56.1. The summed E-state index contributed by atoms with van der Waals surface area (Å²) in [7, 11) is 0. The number of hydrogen-bond donors (Lipinski definition) is 6. The Morgan fingerprint density at radius 1 is 0.506 bits per heavy atom. The Kier molecular flexibility index (Phi) is 49.5. The number of amides is 1. The molecule has 8 unspecified atom stereocenters. The third-order valence-electron chi connectivity index (χ3n) is 14.0. The highest BCUT2D eigenvalue weighted by molar-refractivity contribution is 5.80. The lowest BCUT2D eigenvalue weighted by Gasteiger charge is -2.41. The van der Waals surface area contributed by atoms with Crippen LogP contribution in [0.25, 0.3) is 0 Å². The van der Waals surface area contributed by atoms with Crippen molar-refractivity contribution in [3.8, 4) is 0 Å². The molecular weight excluding hydrogens is 967 g/mol. The van der Waals surface area contributed by atoms with Gasteiger partial charge in [-0.15, -0.1) is 0 Å². The number of carbonyl (C=O) groups is 2. The molecule has 1 heterocycles. The van der Waals surface area contributed by atoms with Crippen molar-refractivity contribution in [2.75, 3.05) is 13.2 Å². The molecule has 1 aliphatic rings. The van der Waals surface area contributed by atoms with E-state index in [9.17, 15) is 35.1 Å². The molecule has 1 rings (SSSR count). The van der Waals surface area contributed by atoms with Crippen LogP contribution in [0.4, 0.5) is 0 Å². The summed E-state index contributed by atoms with van der Waals surface area (Å²) in [4.78, 5) is 26.5. The number of ether oxygens (including phenoxy) is 3. The quantitative estimate of drug-likeness (QED) is 0.0195. The molecule has 0 aliphatic carbocycles. The zero-order valence-corrected chi connectivity index (χ0v) is 48.8. The third-order valence-corrected chi connectivity index (χ3v) is 14.0. The summed E-state index contributed by atoms with van der Waals surface area (Å²) in [5.41, 5.74) is 0. The van der Waals surface area contributed by atoms with Crippen molar-refractivity contribution in [1.29, 1.82) is 0 Å². The fraction of sp³-hybridized carbons (Fsp3) is 0.727. The maximum Gasteiger partial charge on any atom is 0.306 e. The van der Waals surface area contributed by atoms with Crippen molar-refractivity contribution in [2.24, 2.45) is 0 Å². The van der Waals surface area contributed by atoms with Crippen LogP contribution >= 0.6 is 0 Å². The van der Waals surface area contributed by atoms with Crippen LogP contribution in [0.2, 0.25) is 0 Å². The number of rotatable bonds is 51. The number of unbranched alkanes of at least 4 members (excludes halogenated alkanes) is 23. The average molecular weight is 1080 g/mol. The fourth-order valence-electron chi connectivity index (χ4n) is 9.00. The molecule has 11 heteroatoms. The molecule has 0 saturated carbocycles. The lowest BCUT2D eigenvalue weighted by Crippen LogP contribution is -2.61. The number of allylic oxidation sites excluding steroid dienone is 15. The van der Waals surface area contributed by atoms with Crippen LogP contribution in [0.5, 0.6) is 0 Å². The van der Waals surface area contributed by atoms with Crippen LogP contribution in [0.15, 0.2) is 97.2 Å². The van der Waals surface area contributed by atoms with Crippen LogP contribution in [-0.2, 0) is 23.8 Å². The van der Waals surface area contributed by atoms with Crippen molar-refractivity contribution in [3.63, 3.8) is 0 Å². The van der Waals surface area contributed by atoms with E-state index in [-0.39, 0.29) is 19.4 Å². The van der Waals surface area contributed by atoms with E-state index in [0.717, 1.165) is 103 Å². The van der Waals surface area contributed by atoms with Crippen LogP contribution < -0.4 is 5.32 Å². The monoisotopic (exact) mass is 1080 g/mol. The number of hydrogen-bond acceptors (Lipinski definition) is 10. The first-order valence-corrected chi connectivity index (χ1v) is 31.0. The molecule has 0 aromatic carbocycles. The summed E-state index contributed by atoms with van der Waals surface area (Å²) >= 11 is 0. The molecule has 11 nitrogen and oxygen atoms in total. The second kappa shape index (κ2) is 53.2. The lowest BCUT2D eigenvalue weighted by molar-refractivity contribution is -0.305. The number of aliphatic hydroxyl groups is 5. The summed E-state index contributed by atoms with van der Waals surface area (Å²) in [6.07, 6.45) is 60.2. The molecule has 0 aromatic rings. The van der Waals surface area contributed by atoms with Crippen molar-refractivity contribution in [1.82, 2.24) is 5.32 Å². The van der Waals surface area contributed by atoms with Crippen molar-refractivity contribution < 1.29 is 49.3 Å². The Labute approximate surface area is 469 Å². The number of nitrogens with one attached hydrogen (secondary N) is 1. The third kappa shape index (κ3) is 41.3. The van der Waals surface area contributed by atoms with Gasteiger partial charge in [0.1, 0.15) is 24.4 Å². The van der Waals surface area contributed by atoms with Gasteiger partial charge in [0.25, 0.3) is 0 Å². The Balaban J connectivity index is 2.75. The summed E-state index contributed by atoms with van der Waals surface area (Å²) in [6.45, 7) is 5.69. The highest BCUT2D eigenvalue weighted by Gasteiger charge is 2.47. The molecule has 1 fully saturated rings. The van der Waals surface area contributed by atoms with E-state index in [1.807, 2.05) is 18.2 Å². The summed E-state index contributed by atoms with van der Waals surface area (Å²) in [5, 5.41) is 56.9. The number of esters is 1. The second-order valence-corrected chi connectivity index (χ2v) is 21.1. The highest BCUT2D eigenvalue weighted by Crippen LogP contribution is 2.26. The highest BCUT2D eigenvalue weighted by atomic mass is 16.7. The molecule has 0 aromatic heterocycles. The van der Waals surface area contributed by atoms with E-state index in [1.54, 1.807) is 6.08 Å². The summed E-state index contributed by atoms with van der Waals surface area (Å²) in [5.74, 6) is -1.27. The molecule has 1 saturated heterocycles. The SMILES string of the molecule is CCCCC/C=C\C/C=C\C/C=C\C/C=C\CCC(O)C(=O)NC(COC1OC(CO)C(O)C(O)C1OC(=O)CCCCCCCC/C=C\C/C=C\C/C=C\CCCCC)C(O)/C=C/CCCCCCCCCCCCC. The first-order chi connectivity index (χ1) is 37.7. The van der Waals surface area contributed by atoms with E-state index in [4.69, 9.17) is 14.2 Å². The normalized spacial score (nSPS) is 19.7. The summed E-state index contributed by atoms with van der Waals surface area (Å²) in [6, 6.07) is -1.06. The molecule has 0 bridgehead atoms. The average Bonchev–Trinajstić information content (AvgIpc) is 3.43. The smallest absolute Gasteiger partial charge is 0.306 e. The molecule has 77 heavy (non-hydrogen) atoms. The van der Waals surface area contributed by atoms with E-state index < -0.39 is 67.4 Å². The Bertz CT molecular complexity index is 1620. The van der Waals surface area contributed by atoms with Crippen molar-refractivity contribution in [2.45, 2.75) is 294 Å². The zero-order valence-electron chi connectivity index (χ0n) is 48.8. The molecule has 8 atom stereocenters. The topological polar surface area (TPSA) is 175 Å². The Hall–Kier alpha value is -3.42. The van der Waals surface area contributed by atoms with Crippen LogP contribution in [-0.4, -0.2) is 99.6 Å². The predicted octanol–water partition coefficient (Wildman–Crippen LogP) is 14.7. The molecular formula is C66H113NO10. The fourth-order valence-corrected chi connectivity index (χ4v) is 9.00. The van der Waals surface area contributed by atoms with Gasteiger partial charge in [0.2, 0.25) is 5.91 Å². The second-order valence-electron chi connectivity index (χ2n) is 21.1. The van der Waals surface area contributed by atoms with Crippen molar-refractivity contribution >= 4 is 11.9 Å². The van der Waals surface area contributed by atoms with Gasteiger partial charge >= 0.3 is 5.97 Å². The molecule has 6 N–H and O–H groups in total. The minimum absolute atomic E-state index is 0.0978.